The van der Waals surface area contributed by atoms with Crippen molar-refractivity contribution in [3.05, 3.63) is 106 Å². The number of aryl methyl sites for hydroxylation is 4. The van der Waals surface area contributed by atoms with E-state index in [4.69, 9.17) is 0 Å². The monoisotopic (exact) mass is 424 g/mol. The lowest BCUT2D eigenvalue weighted by Crippen LogP contribution is -2.34. The number of hydrogen-bond acceptors (Lipinski definition) is 3. The predicted octanol–water partition coefficient (Wildman–Crippen LogP) is 5.35. The molecule has 0 aliphatic carbocycles. The molecular formula is C28H28N2O2. The molecule has 1 aliphatic rings. The molecule has 0 unspecified atom stereocenters. The fraction of sp³-hybridized carbons (Fsp3) is 0.214. The van der Waals surface area contributed by atoms with E-state index in [9.17, 15) is 9.59 Å². The lowest BCUT2D eigenvalue weighted by Gasteiger charge is -2.15. The van der Waals surface area contributed by atoms with Gasteiger partial charge in [0.25, 0.3) is 11.8 Å². The first-order valence-corrected chi connectivity index (χ1v) is 10.9. The maximum absolute atomic E-state index is 13.5. The highest BCUT2D eigenvalue weighted by Gasteiger charge is 2.39. The van der Waals surface area contributed by atoms with E-state index in [2.05, 4.69) is 11.4 Å². The SMILES string of the molecule is Cc1cc(C)cc(NC2=C(c3ccc(C)c(C)c3)C(=O)N(CCc3ccccc3)C2=O)c1. The van der Waals surface area contributed by atoms with Crippen molar-refractivity contribution in [3.63, 3.8) is 0 Å². The maximum atomic E-state index is 13.5. The van der Waals surface area contributed by atoms with E-state index < -0.39 is 0 Å². The molecule has 3 aromatic rings. The van der Waals surface area contributed by atoms with Crippen LogP contribution >= 0.6 is 0 Å². The van der Waals surface area contributed by atoms with Crippen LogP contribution in [-0.2, 0) is 16.0 Å². The third kappa shape index (κ3) is 4.35. The van der Waals surface area contributed by atoms with Gasteiger partial charge in [-0.2, -0.15) is 0 Å². The van der Waals surface area contributed by atoms with Crippen molar-refractivity contribution >= 4 is 23.1 Å². The van der Waals surface area contributed by atoms with E-state index in [1.54, 1.807) is 0 Å². The second-order valence-corrected chi connectivity index (χ2v) is 8.55. The highest BCUT2D eigenvalue weighted by Crippen LogP contribution is 2.32. The first kappa shape index (κ1) is 21.6. The van der Waals surface area contributed by atoms with Gasteiger partial charge in [0.05, 0.1) is 5.57 Å². The van der Waals surface area contributed by atoms with E-state index in [-0.39, 0.29) is 11.8 Å². The number of nitrogens with zero attached hydrogens (tertiary/aromatic N) is 1. The van der Waals surface area contributed by atoms with Gasteiger partial charge in [0.2, 0.25) is 0 Å². The number of benzene rings is 3. The molecule has 162 valence electrons. The van der Waals surface area contributed by atoms with E-state index in [1.807, 2.05) is 88.4 Å². The van der Waals surface area contributed by atoms with Crippen molar-refractivity contribution in [1.29, 1.82) is 0 Å². The Kier molecular flexibility index (Phi) is 5.95. The molecule has 1 N–H and O–H groups in total. The summed E-state index contributed by atoms with van der Waals surface area (Å²) >= 11 is 0. The Morgan fingerprint density at radius 3 is 2.09 bits per heavy atom. The fourth-order valence-electron chi connectivity index (χ4n) is 4.14. The average Bonchev–Trinajstić information content (AvgIpc) is 2.98. The standard InChI is InChI=1S/C28H28N2O2/c1-18-14-19(2)16-24(15-18)29-26-25(23-11-10-20(3)21(4)17-23)27(31)30(28(26)32)13-12-22-8-6-5-7-9-22/h5-11,14-17,29H,12-13H2,1-4H3. The molecule has 4 heteroatoms. The van der Waals surface area contributed by atoms with Gasteiger partial charge in [-0.3, -0.25) is 14.5 Å². The second kappa shape index (κ2) is 8.83. The molecule has 0 atom stereocenters. The summed E-state index contributed by atoms with van der Waals surface area (Å²) in [5.41, 5.74) is 7.88. The number of carbonyl (C=O) groups excluding carboxylic acids is 2. The maximum Gasteiger partial charge on any atom is 0.278 e. The van der Waals surface area contributed by atoms with Gasteiger partial charge in [-0.05, 0) is 79.6 Å². The lowest BCUT2D eigenvalue weighted by molar-refractivity contribution is -0.136. The zero-order chi connectivity index (χ0) is 22.8. The van der Waals surface area contributed by atoms with Gasteiger partial charge in [-0.25, -0.2) is 0 Å². The number of amides is 2. The zero-order valence-electron chi connectivity index (χ0n) is 19.0. The Labute approximate surface area is 189 Å². The predicted molar refractivity (Wildman–Crippen MR) is 129 cm³/mol. The molecule has 0 aromatic heterocycles. The van der Waals surface area contributed by atoms with E-state index >= 15 is 0 Å². The van der Waals surface area contributed by atoms with Gasteiger partial charge < -0.3 is 5.32 Å². The van der Waals surface area contributed by atoms with Crippen molar-refractivity contribution in [2.45, 2.75) is 34.1 Å². The van der Waals surface area contributed by atoms with Crippen LogP contribution in [0.4, 0.5) is 5.69 Å². The minimum absolute atomic E-state index is 0.249. The third-order valence-corrected chi connectivity index (χ3v) is 5.92. The molecule has 0 saturated heterocycles. The first-order chi connectivity index (χ1) is 15.3. The molecule has 1 aliphatic heterocycles. The molecule has 1 heterocycles. The summed E-state index contributed by atoms with van der Waals surface area (Å²) in [4.78, 5) is 28.3. The number of hydrogen-bond donors (Lipinski definition) is 1. The van der Waals surface area contributed by atoms with Gasteiger partial charge in [-0.15, -0.1) is 0 Å². The number of anilines is 1. The Bertz CT molecular complexity index is 1210. The minimum atomic E-state index is -0.279. The summed E-state index contributed by atoms with van der Waals surface area (Å²) in [5.74, 6) is -0.528. The second-order valence-electron chi connectivity index (χ2n) is 8.55. The van der Waals surface area contributed by atoms with Crippen LogP contribution in [0, 0.1) is 27.7 Å². The molecule has 0 fully saturated rings. The zero-order valence-corrected chi connectivity index (χ0v) is 19.0. The van der Waals surface area contributed by atoms with Gasteiger partial charge in [0.15, 0.2) is 0 Å². The van der Waals surface area contributed by atoms with Crippen molar-refractivity contribution in [1.82, 2.24) is 4.90 Å². The lowest BCUT2D eigenvalue weighted by atomic mass is 9.99. The highest BCUT2D eigenvalue weighted by atomic mass is 16.2. The highest BCUT2D eigenvalue weighted by molar-refractivity contribution is 6.36. The summed E-state index contributed by atoms with van der Waals surface area (Å²) in [5, 5.41) is 3.28. The molecule has 0 bridgehead atoms. The number of rotatable bonds is 6. The topological polar surface area (TPSA) is 49.4 Å². The summed E-state index contributed by atoms with van der Waals surface area (Å²) in [6.45, 7) is 8.43. The van der Waals surface area contributed by atoms with Crippen LogP contribution in [0.15, 0.2) is 72.4 Å². The van der Waals surface area contributed by atoms with E-state index in [0.29, 0.717) is 24.2 Å². The van der Waals surface area contributed by atoms with Crippen LogP contribution in [0.2, 0.25) is 0 Å². The fourth-order valence-corrected chi connectivity index (χ4v) is 4.14. The normalized spacial score (nSPS) is 13.8. The Hall–Kier alpha value is -3.66. The molecule has 32 heavy (non-hydrogen) atoms. The molecule has 0 spiro atoms. The van der Waals surface area contributed by atoms with Gasteiger partial charge >= 0.3 is 0 Å². The first-order valence-electron chi connectivity index (χ1n) is 10.9. The largest absolute Gasteiger partial charge is 0.350 e. The summed E-state index contributed by atoms with van der Waals surface area (Å²) in [6.07, 6.45) is 0.620. The van der Waals surface area contributed by atoms with Crippen molar-refractivity contribution in [2.75, 3.05) is 11.9 Å². The molecule has 4 nitrogen and oxygen atoms in total. The average molecular weight is 425 g/mol. The van der Waals surface area contributed by atoms with Crippen LogP contribution in [0.3, 0.4) is 0 Å². The minimum Gasteiger partial charge on any atom is -0.350 e. The van der Waals surface area contributed by atoms with Crippen molar-refractivity contribution in [3.8, 4) is 0 Å². The number of carbonyl (C=O) groups is 2. The van der Waals surface area contributed by atoms with Crippen LogP contribution in [0.25, 0.3) is 5.57 Å². The van der Waals surface area contributed by atoms with Crippen LogP contribution in [-0.4, -0.2) is 23.3 Å². The number of imide groups is 1. The van der Waals surface area contributed by atoms with Crippen molar-refractivity contribution < 1.29 is 9.59 Å². The Balaban J connectivity index is 1.72. The molecule has 0 saturated carbocycles. The molecule has 3 aromatic carbocycles. The molecule has 4 rings (SSSR count). The Morgan fingerprint density at radius 2 is 1.44 bits per heavy atom. The summed E-state index contributed by atoms with van der Waals surface area (Å²) < 4.78 is 0. The van der Waals surface area contributed by atoms with Gasteiger partial charge in [0.1, 0.15) is 5.70 Å². The molecular weight excluding hydrogens is 396 g/mol. The smallest absolute Gasteiger partial charge is 0.278 e. The van der Waals surface area contributed by atoms with Gasteiger partial charge in [0, 0.05) is 12.2 Å². The van der Waals surface area contributed by atoms with Crippen LogP contribution in [0.5, 0.6) is 0 Å². The van der Waals surface area contributed by atoms with Gasteiger partial charge in [-0.1, -0.05) is 54.6 Å². The summed E-state index contributed by atoms with van der Waals surface area (Å²) in [7, 11) is 0. The quantitative estimate of drug-likeness (QED) is 0.542. The van der Waals surface area contributed by atoms with Crippen LogP contribution < -0.4 is 5.32 Å². The molecule has 2 amide bonds. The van der Waals surface area contributed by atoms with Crippen LogP contribution in [0.1, 0.15) is 33.4 Å². The van der Waals surface area contributed by atoms with E-state index in [1.165, 1.54) is 4.90 Å². The molecule has 0 radical (unpaired) electrons. The summed E-state index contributed by atoms with van der Waals surface area (Å²) in [6, 6.07) is 21.9. The van der Waals surface area contributed by atoms with E-state index in [0.717, 1.165) is 39.1 Å². The number of nitrogens with one attached hydrogen (secondary N) is 1. The Morgan fingerprint density at radius 1 is 0.750 bits per heavy atom. The third-order valence-electron chi connectivity index (χ3n) is 5.92. The van der Waals surface area contributed by atoms with Crippen molar-refractivity contribution in [2.24, 2.45) is 0 Å².